The molecule has 3 aliphatic heterocycles. The number of hydrogen-bond acceptors (Lipinski definition) is 4. The maximum absolute atomic E-state index is 12.7. The van der Waals surface area contributed by atoms with Gasteiger partial charge in [-0.15, -0.1) is 23.7 Å². The Morgan fingerprint density at radius 3 is 2.71 bits per heavy atom. The molecule has 6 heteroatoms. The average molecular weight is 419 g/mol. The summed E-state index contributed by atoms with van der Waals surface area (Å²) in [5.41, 5.74) is 2.47. The third-order valence-electron chi connectivity index (χ3n) is 6.31. The van der Waals surface area contributed by atoms with Gasteiger partial charge < -0.3 is 15.0 Å². The fraction of sp³-hybridized carbons (Fsp3) is 0.500. The Labute approximate surface area is 176 Å². The van der Waals surface area contributed by atoms with E-state index in [-0.39, 0.29) is 30.0 Å². The molecule has 0 aliphatic carbocycles. The van der Waals surface area contributed by atoms with Gasteiger partial charge in [0.1, 0.15) is 0 Å². The average Bonchev–Trinajstić information content (AvgIpc) is 3.40. The van der Waals surface area contributed by atoms with E-state index in [1.807, 2.05) is 11.3 Å². The summed E-state index contributed by atoms with van der Waals surface area (Å²) in [6.45, 7) is 3.36. The Morgan fingerprint density at radius 1 is 1.21 bits per heavy atom. The van der Waals surface area contributed by atoms with Gasteiger partial charge in [0.05, 0.1) is 18.2 Å². The van der Waals surface area contributed by atoms with Crippen LogP contribution in [0.2, 0.25) is 0 Å². The lowest BCUT2D eigenvalue weighted by Gasteiger charge is -2.44. The van der Waals surface area contributed by atoms with Crippen LogP contribution in [0.4, 0.5) is 0 Å². The standard InChI is InChI=1S/C22H26N2O2S.ClH/c25-21(18-7-4-11-23-18)24-12-9-22(10-13-24)17-15-20(16-5-2-1-3-6-16)27-19(17)8-14-26-22;/h1-3,5-6,15,18,23H,4,7-14H2;1H. The van der Waals surface area contributed by atoms with E-state index in [0.29, 0.717) is 0 Å². The fourth-order valence-corrected chi connectivity index (χ4v) is 6.02. The number of nitrogens with one attached hydrogen (secondary N) is 1. The molecule has 150 valence electrons. The van der Waals surface area contributed by atoms with E-state index in [0.717, 1.165) is 58.3 Å². The van der Waals surface area contributed by atoms with E-state index in [1.165, 1.54) is 20.9 Å². The molecule has 1 spiro atoms. The van der Waals surface area contributed by atoms with Crippen molar-refractivity contribution in [2.45, 2.75) is 43.7 Å². The quantitative estimate of drug-likeness (QED) is 0.802. The van der Waals surface area contributed by atoms with Gasteiger partial charge in [-0.2, -0.15) is 0 Å². The first-order valence-electron chi connectivity index (χ1n) is 10.1. The maximum Gasteiger partial charge on any atom is 0.239 e. The lowest BCUT2D eigenvalue weighted by molar-refractivity contribution is -0.142. The van der Waals surface area contributed by atoms with Crippen LogP contribution in [0.25, 0.3) is 10.4 Å². The minimum Gasteiger partial charge on any atom is -0.370 e. The summed E-state index contributed by atoms with van der Waals surface area (Å²) in [7, 11) is 0. The van der Waals surface area contributed by atoms with Crippen LogP contribution in [0.1, 0.15) is 36.1 Å². The molecule has 0 saturated carbocycles. The third kappa shape index (κ3) is 3.50. The molecule has 28 heavy (non-hydrogen) atoms. The van der Waals surface area contributed by atoms with Crippen molar-refractivity contribution in [3.63, 3.8) is 0 Å². The van der Waals surface area contributed by atoms with E-state index in [1.54, 1.807) is 0 Å². The summed E-state index contributed by atoms with van der Waals surface area (Å²) in [4.78, 5) is 17.6. The highest BCUT2D eigenvalue weighted by molar-refractivity contribution is 7.15. The van der Waals surface area contributed by atoms with Crippen LogP contribution in [0.5, 0.6) is 0 Å². The molecule has 1 unspecified atom stereocenters. The van der Waals surface area contributed by atoms with Gasteiger partial charge in [-0.25, -0.2) is 0 Å². The number of benzene rings is 1. The molecule has 4 heterocycles. The number of carbonyl (C=O) groups excluding carboxylic acids is 1. The number of fused-ring (bicyclic) bond motifs is 2. The van der Waals surface area contributed by atoms with Crippen molar-refractivity contribution < 1.29 is 9.53 Å². The zero-order chi connectivity index (χ0) is 18.3. The number of likely N-dealkylation sites (tertiary alicyclic amines) is 1. The van der Waals surface area contributed by atoms with Crippen molar-refractivity contribution >= 4 is 29.7 Å². The number of carbonyl (C=O) groups is 1. The number of piperidine rings is 1. The van der Waals surface area contributed by atoms with Gasteiger partial charge in [0, 0.05) is 29.3 Å². The normalized spacial score (nSPS) is 23.3. The van der Waals surface area contributed by atoms with E-state index in [4.69, 9.17) is 4.74 Å². The third-order valence-corrected chi connectivity index (χ3v) is 7.55. The molecule has 1 amide bonds. The minimum absolute atomic E-state index is 0. The Morgan fingerprint density at radius 2 is 2.00 bits per heavy atom. The van der Waals surface area contributed by atoms with E-state index >= 15 is 0 Å². The summed E-state index contributed by atoms with van der Waals surface area (Å²) in [5.74, 6) is 0.286. The molecular weight excluding hydrogens is 392 g/mol. The highest BCUT2D eigenvalue weighted by Gasteiger charge is 2.43. The zero-order valence-electron chi connectivity index (χ0n) is 16.0. The number of rotatable bonds is 2. The van der Waals surface area contributed by atoms with Crippen molar-refractivity contribution in [3.8, 4) is 10.4 Å². The number of ether oxygens (including phenoxy) is 1. The van der Waals surface area contributed by atoms with Crippen molar-refractivity contribution in [1.29, 1.82) is 0 Å². The summed E-state index contributed by atoms with van der Waals surface area (Å²) in [6, 6.07) is 13.0. The van der Waals surface area contributed by atoms with Crippen LogP contribution in [0, 0.1) is 0 Å². The molecule has 1 atom stereocenters. The molecule has 5 rings (SSSR count). The predicted molar refractivity (Wildman–Crippen MR) is 115 cm³/mol. The second-order valence-corrected chi connectivity index (χ2v) is 9.02. The molecular formula is C22H27ClN2O2S. The maximum atomic E-state index is 12.7. The van der Waals surface area contributed by atoms with Gasteiger partial charge in [0.15, 0.2) is 0 Å². The summed E-state index contributed by atoms with van der Waals surface area (Å²) < 4.78 is 6.39. The van der Waals surface area contributed by atoms with Gasteiger partial charge >= 0.3 is 0 Å². The van der Waals surface area contributed by atoms with Crippen molar-refractivity contribution in [2.75, 3.05) is 26.2 Å². The van der Waals surface area contributed by atoms with Crippen LogP contribution in [0.3, 0.4) is 0 Å². The van der Waals surface area contributed by atoms with Crippen LogP contribution in [0.15, 0.2) is 36.4 Å². The highest BCUT2D eigenvalue weighted by Crippen LogP contribution is 2.46. The number of halogens is 1. The first kappa shape index (κ1) is 19.9. The van der Waals surface area contributed by atoms with Gasteiger partial charge in [0.2, 0.25) is 5.91 Å². The lowest BCUT2D eigenvalue weighted by Crippen LogP contribution is -2.51. The highest BCUT2D eigenvalue weighted by atomic mass is 35.5. The van der Waals surface area contributed by atoms with Gasteiger partial charge in [-0.1, -0.05) is 30.3 Å². The Bertz CT molecular complexity index is 824. The van der Waals surface area contributed by atoms with Crippen molar-refractivity contribution in [3.05, 3.63) is 46.8 Å². The van der Waals surface area contributed by atoms with Gasteiger partial charge in [-0.05, 0) is 49.4 Å². The SMILES string of the molecule is Cl.O=C(C1CCCN1)N1CCC2(CC1)OCCc1sc(-c3ccccc3)cc12. The molecule has 1 N–H and O–H groups in total. The minimum atomic E-state index is -0.197. The van der Waals surface area contributed by atoms with Crippen LogP contribution < -0.4 is 5.32 Å². The smallest absolute Gasteiger partial charge is 0.239 e. The second-order valence-electron chi connectivity index (χ2n) is 7.88. The molecule has 0 radical (unpaired) electrons. The molecule has 2 fully saturated rings. The van der Waals surface area contributed by atoms with E-state index in [2.05, 4.69) is 46.6 Å². The van der Waals surface area contributed by atoms with Crippen LogP contribution in [-0.2, 0) is 21.6 Å². The second kappa shape index (κ2) is 8.15. The Hall–Kier alpha value is -1.40. The molecule has 1 aromatic heterocycles. The summed E-state index contributed by atoms with van der Waals surface area (Å²) >= 11 is 1.91. The number of thiophene rings is 1. The van der Waals surface area contributed by atoms with Crippen molar-refractivity contribution in [1.82, 2.24) is 10.2 Å². The van der Waals surface area contributed by atoms with Gasteiger partial charge in [-0.3, -0.25) is 4.79 Å². The predicted octanol–water partition coefficient (Wildman–Crippen LogP) is 3.98. The first-order valence-corrected chi connectivity index (χ1v) is 10.9. The van der Waals surface area contributed by atoms with Crippen molar-refractivity contribution in [2.24, 2.45) is 0 Å². The molecule has 1 aromatic carbocycles. The molecule has 2 saturated heterocycles. The molecule has 4 nitrogen and oxygen atoms in total. The summed E-state index contributed by atoms with van der Waals surface area (Å²) in [5, 5.41) is 3.34. The number of hydrogen-bond donors (Lipinski definition) is 1. The van der Waals surface area contributed by atoms with E-state index in [9.17, 15) is 4.79 Å². The molecule has 0 bridgehead atoms. The number of amides is 1. The lowest BCUT2D eigenvalue weighted by atomic mass is 9.82. The van der Waals surface area contributed by atoms with Gasteiger partial charge in [0.25, 0.3) is 0 Å². The molecule has 3 aliphatic rings. The summed E-state index contributed by atoms with van der Waals surface area (Å²) in [6.07, 6.45) is 4.90. The Kier molecular flexibility index (Phi) is 5.79. The van der Waals surface area contributed by atoms with E-state index < -0.39 is 0 Å². The van der Waals surface area contributed by atoms with Crippen LogP contribution in [-0.4, -0.2) is 43.1 Å². The van der Waals surface area contributed by atoms with Crippen LogP contribution >= 0.6 is 23.7 Å². The fourth-order valence-electron chi connectivity index (χ4n) is 4.78. The Balaban J connectivity index is 0.00000192. The largest absolute Gasteiger partial charge is 0.370 e. The number of nitrogens with zero attached hydrogens (tertiary/aromatic N) is 1. The monoisotopic (exact) mass is 418 g/mol. The topological polar surface area (TPSA) is 41.6 Å². The first-order chi connectivity index (χ1) is 13.3. The zero-order valence-corrected chi connectivity index (χ0v) is 17.6. The molecule has 2 aromatic rings.